The predicted octanol–water partition coefficient (Wildman–Crippen LogP) is 1.03. The van der Waals surface area contributed by atoms with Crippen molar-refractivity contribution in [2.24, 2.45) is 0 Å². The van der Waals surface area contributed by atoms with Gasteiger partial charge in [0.2, 0.25) is 0 Å². The Labute approximate surface area is 106 Å². The van der Waals surface area contributed by atoms with E-state index in [-0.39, 0.29) is 59.1 Å². The van der Waals surface area contributed by atoms with Gasteiger partial charge in [0.05, 0.1) is 0 Å². The molecule has 0 aliphatic rings. The molecule has 0 spiro atoms. The van der Waals surface area contributed by atoms with Crippen molar-refractivity contribution in [3.8, 4) is 0 Å². The van der Waals surface area contributed by atoms with Crippen LogP contribution in [0.3, 0.4) is 0 Å². The Morgan fingerprint density at radius 1 is 1.00 bits per heavy atom. The van der Waals surface area contributed by atoms with Gasteiger partial charge in [0.15, 0.2) is 0 Å². The molecule has 0 saturated heterocycles. The van der Waals surface area contributed by atoms with Gasteiger partial charge in [-0.3, -0.25) is 0 Å². The van der Waals surface area contributed by atoms with Crippen molar-refractivity contribution in [1.29, 1.82) is 0 Å². The van der Waals surface area contributed by atoms with Gasteiger partial charge in [-0.15, -0.1) is 0 Å². The molecule has 0 aliphatic carbocycles. The van der Waals surface area contributed by atoms with E-state index in [9.17, 15) is 0 Å². The van der Waals surface area contributed by atoms with Crippen LogP contribution < -0.4 is 0 Å². The summed E-state index contributed by atoms with van der Waals surface area (Å²) >= 11 is 0. The molecule has 0 heterocycles. The summed E-state index contributed by atoms with van der Waals surface area (Å²) in [5, 5.41) is 0. The summed E-state index contributed by atoms with van der Waals surface area (Å²) < 4.78 is 0. The van der Waals surface area contributed by atoms with Gasteiger partial charge in [0.25, 0.3) is 0 Å². The Bertz CT molecular complexity index is 170. The second-order valence-electron chi connectivity index (χ2n) is 1.61. The molecule has 1 aromatic carbocycles. The molecule has 1 rings (SSSR count). The van der Waals surface area contributed by atoms with Crippen LogP contribution >= 0.6 is 0 Å². The van der Waals surface area contributed by atoms with E-state index in [2.05, 4.69) is 6.58 Å². The van der Waals surface area contributed by atoms with E-state index >= 15 is 0 Å². The van der Waals surface area contributed by atoms with E-state index in [0.717, 1.165) is 0 Å². The molecular weight excluding hydrogens is 142 g/mol. The second kappa shape index (κ2) is 8.06. The van der Waals surface area contributed by atoms with Crippen LogP contribution in [0.15, 0.2) is 36.9 Å². The first-order chi connectivity index (χ1) is 3.93. The third-order valence-corrected chi connectivity index (χ3v) is 1.04. The standard InChI is InChI=1S/C8H8.2Na.2H/c1-2-8-6-4-3-5-7-8;;;;/h2-7H,1H2;;;;. The zero-order valence-corrected chi connectivity index (χ0v) is 4.67. The second-order valence-corrected chi connectivity index (χ2v) is 1.61. The fraction of sp³-hybridized carbons (Fsp3) is 0. The monoisotopic (exact) mass is 152 g/mol. The number of hydrogen-bond acceptors (Lipinski definition) is 0. The third kappa shape index (κ3) is 4.73. The van der Waals surface area contributed by atoms with Crippen LogP contribution in [-0.4, -0.2) is 59.1 Å². The third-order valence-electron chi connectivity index (χ3n) is 1.04. The van der Waals surface area contributed by atoms with E-state index in [4.69, 9.17) is 0 Å². The molecule has 0 atom stereocenters. The van der Waals surface area contributed by atoms with Crippen LogP contribution in [0.1, 0.15) is 5.56 Å². The van der Waals surface area contributed by atoms with E-state index in [1.165, 1.54) is 5.56 Å². The summed E-state index contributed by atoms with van der Waals surface area (Å²) in [5.41, 5.74) is 1.17. The number of hydrogen-bond donors (Lipinski definition) is 0. The van der Waals surface area contributed by atoms with Crippen molar-refractivity contribution in [2.45, 2.75) is 0 Å². The molecule has 0 bridgehead atoms. The molecule has 10 heavy (non-hydrogen) atoms. The van der Waals surface area contributed by atoms with E-state index in [1.54, 1.807) is 0 Å². The zero-order valence-electron chi connectivity index (χ0n) is 4.67. The van der Waals surface area contributed by atoms with Gasteiger partial charge in [-0.25, -0.2) is 0 Å². The molecule has 0 unspecified atom stereocenters. The zero-order chi connectivity index (χ0) is 5.82. The summed E-state index contributed by atoms with van der Waals surface area (Å²) in [5.74, 6) is 0. The Morgan fingerprint density at radius 3 is 1.80 bits per heavy atom. The van der Waals surface area contributed by atoms with Gasteiger partial charge in [-0.1, -0.05) is 43.0 Å². The Hall–Kier alpha value is 0.960. The molecule has 0 fully saturated rings. The molecule has 0 nitrogen and oxygen atoms in total. The van der Waals surface area contributed by atoms with Crippen LogP contribution in [0, 0.1) is 0 Å². The first-order valence-corrected chi connectivity index (χ1v) is 2.61. The average molecular weight is 152 g/mol. The van der Waals surface area contributed by atoms with E-state index < -0.39 is 0 Å². The molecule has 2 heteroatoms. The molecule has 0 N–H and O–H groups in total. The van der Waals surface area contributed by atoms with Gasteiger partial charge in [0.1, 0.15) is 0 Å². The maximum atomic E-state index is 3.63. The van der Waals surface area contributed by atoms with Gasteiger partial charge in [-0.05, 0) is 5.56 Å². The summed E-state index contributed by atoms with van der Waals surface area (Å²) in [7, 11) is 0. The van der Waals surface area contributed by atoms with Gasteiger partial charge < -0.3 is 0 Å². The predicted molar refractivity (Wildman–Crippen MR) is 50.8 cm³/mol. The molecular formula is C8H10Na2. The number of benzene rings is 1. The topological polar surface area (TPSA) is 0 Å². The quantitative estimate of drug-likeness (QED) is 0.527. The van der Waals surface area contributed by atoms with Crippen LogP contribution in [0.25, 0.3) is 6.08 Å². The first-order valence-electron chi connectivity index (χ1n) is 2.61. The minimum atomic E-state index is 0. The average Bonchev–Trinajstić information content (AvgIpc) is 1.90. The Balaban J connectivity index is 0. The first kappa shape index (κ1) is 13.5. The Morgan fingerprint density at radius 2 is 1.50 bits per heavy atom. The summed E-state index contributed by atoms with van der Waals surface area (Å²) in [6.45, 7) is 3.63. The molecule has 44 valence electrons. The number of rotatable bonds is 1. The minimum absolute atomic E-state index is 0. The van der Waals surface area contributed by atoms with Crippen molar-refractivity contribution in [1.82, 2.24) is 0 Å². The fourth-order valence-corrected chi connectivity index (χ4v) is 0.589. The van der Waals surface area contributed by atoms with Crippen LogP contribution in [-0.2, 0) is 0 Å². The Kier molecular flexibility index (Phi) is 10.9. The van der Waals surface area contributed by atoms with Crippen LogP contribution in [0.2, 0.25) is 0 Å². The molecule has 0 aliphatic heterocycles. The van der Waals surface area contributed by atoms with Crippen molar-refractivity contribution >= 4 is 65.2 Å². The normalized spacial score (nSPS) is 6.80. The molecule has 0 aromatic heterocycles. The molecule has 0 saturated carbocycles. The van der Waals surface area contributed by atoms with Crippen LogP contribution in [0.4, 0.5) is 0 Å². The summed E-state index contributed by atoms with van der Waals surface area (Å²) in [6.07, 6.45) is 1.83. The van der Waals surface area contributed by atoms with E-state index in [0.29, 0.717) is 0 Å². The van der Waals surface area contributed by atoms with Crippen molar-refractivity contribution in [2.75, 3.05) is 0 Å². The maximum absolute atomic E-state index is 3.63. The summed E-state index contributed by atoms with van der Waals surface area (Å²) in [6, 6.07) is 10.0. The fourth-order valence-electron chi connectivity index (χ4n) is 0.589. The molecule has 1 aromatic rings. The van der Waals surface area contributed by atoms with Crippen molar-refractivity contribution in [3.63, 3.8) is 0 Å². The molecule has 0 amide bonds. The van der Waals surface area contributed by atoms with E-state index in [1.807, 2.05) is 36.4 Å². The van der Waals surface area contributed by atoms with Crippen molar-refractivity contribution in [3.05, 3.63) is 42.5 Å². The van der Waals surface area contributed by atoms with Gasteiger partial charge in [0, 0.05) is 0 Å². The SMILES string of the molecule is C=Cc1ccccc1.[NaH].[NaH]. The van der Waals surface area contributed by atoms with Crippen molar-refractivity contribution < 1.29 is 0 Å². The summed E-state index contributed by atoms with van der Waals surface area (Å²) in [4.78, 5) is 0. The van der Waals surface area contributed by atoms with Crippen LogP contribution in [0.5, 0.6) is 0 Å². The van der Waals surface area contributed by atoms with Gasteiger partial charge >= 0.3 is 59.1 Å². The molecule has 0 radical (unpaired) electrons. The van der Waals surface area contributed by atoms with Gasteiger partial charge in [-0.2, -0.15) is 0 Å².